The summed E-state index contributed by atoms with van der Waals surface area (Å²) < 4.78 is 7.62. The predicted octanol–water partition coefficient (Wildman–Crippen LogP) is 2.27. The molecule has 2 aliphatic heterocycles. The number of nitriles is 1. The Kier molecular flexibility index (Phi) is 6.59. The van der Waals surface area contributed by atoms with Gasteiger partial charge in [0.15, 0.2) is 0 Å². The maximum Gasteiger partial charge on any atom is 0.243 e. The van der Waals surface area contributed by atoms with Crippen LogP contribution in [0.2, 0.25) is 0 Å². The summed E-state index contributed by atoms with van der Waals surface area (Å²) in [7, 11) is 2.06. The molecular weight excluding hydrogens is 380 g/mol. The highest BCUT2D eigenvalue weighted by Crippen LogP contribution is 2.29. The zero-order chi connectivity index (χ0) is 21.0. The SMILES string of the molecule is CN1CCC(C#N)(NC(=O)C(CC2CCCCC2)Nc2ncc3n2CCOC3)CC1. The first kappa shape index (κ1) is 21.1. The monoisotopic (exact) mass is 414 g/mol. The number of hydrogen-bond donors (Lipinski definition) is 2. The second-order valence-corrected chi connectivity index (χ2v) is 9.20. The number of rotatable bonds is 6. The van der Waals surface area contributed by atoms with Crippen LogP contribution in [0, 0.1) is 17.2 Å². The number of imidazole rings is 1. The Morgan fingerprint density at radius 1 is 1.33 bits per heavy atom. The zero-order valence-corrected chi connectivity index (χ0v) is 18.0. The van der Waals surface area contributed by atoms with E-state index in [1.165, 1.54) is 32.1 Å². The van der Waals surface area contributed by atoms with Crippen molar-refractivity contribution in [2.45, 2.75) is 76.1 Å². The number of piperidine rings is 1. The lowest BCUT2D eigenvalue weighted by atomic mass is 9.84. The molecule has 1 amide bonds. The lowest BCUT2D eigenvalue weighted by Crippen LogP contribution is -2.57. The quantitative estimate of drug-likeness (QED) is 0.741. The van der Waals surface area contributed by atoms with E-state index in [0.717, 1.165) is 37.7 Å². The number of anilines is 1. The fourth-order valence-electron chi connectivity index (χ4n) is 4.95. The summed E-state index contributed by atoms with van der Waals surface area (Å²) in [6.45, 7) is 3.59. The van der Waals surface area contributed by atoms with Gasteiger partial charge in [0, 0.05) is 19.6 Å². The Morgan fingerprint density at radius 3 is 2.83 bits per heavy atom. The molecule has 8 heteroatoms. The molecule has 164 valence electrons. The standard InChI is InChI=1S/C22H34N6O2/c1-27-9-7-22(16-23,8-10-27)26-20(29)19(13-17-5-3-2-4-6-17)25-21-24-14-18-15-30-12-11-28(18)21/h14,17,19H,2-13,15H2,1H3,(H,24,25)(H,26,29). The minimum atomic E-state index is -0.768. The largest absolute Gasteiger partial charge is 0.373 e. The topological polar surface area (TPSA) is 95.2 Å². The van der Waals surface area contributed by atoms with Crippen LogP contribution in [-0.4, -0.2) is 58.7 Å². The van der Waals surface area contributed by atoms with E-state index < -0.39 is 5.54 Å². The summed E-state index contributed by atoms with van der Waals surface area (Å²) in [6, 6.07) is 2.03. The number of carbonyl (C=O) groups is 1. The van der Waals surface area contributed by atoms with Crippen LogP contribution in [0.1, 0.15) is 57.1 Å². The average molecular weight is 415 g/mol. The first-order valence-corrected chi connectivity index (χ1v) is 11.4. The average Bonchev–Trinajstić information content (AvgIpc) is 3.19. The molecule has 3 heterocycles. The van der Waals surface area contributed by atoms with E-state index in [0.29, 0.717) is 32.0 Å². The van der Waals surface area contributed by atoms with Crippen molar-refractivity contribution in [2.75, 3.05) is 32.1 Å². The highest BCUT2D eigenvalue weighted by atomic mass is 16.5. The van der Waals surface area contributed by atoms with Gasteiger partial charge in [-0.05, 0) is 32.2 Å². The highest BCUT2D eigenvalue weighted by molar-refractivity contribution is 5.85. The molecule has 8 nitrogen and oxygen atoms in total. The van der Waals surface area contributed by atoms with Gasteiger partial charge in [-0.3, -0.25) is 4.79 Å². The third-order valence-corrected chi connectivity index (χ3v) is 6.98. The van der Waals surface area contributed by atoms with Crippen molar-refractivity contribution in [3.63, 3.8) is 0 Å². The Labute approximate surface area is 179 Å². The van der Waals surface area contributed by atoms with Gasteiger partial charge in [-0.1, -0.05) is 32.1 Å². The molecule has 3 aliphatic rings. The molecule has 0 aromatic carbocycles. The third-order valence-electron chi connectivity index (χ3n) is 6.98. The van der Waals surface area contributed by atoms with Crippen LogP contribution in [0.4, 0.5) is 5.95 Å². The molecule has 2 N–H and O–H groups in total. The van der Waals surface area contributed by atoms with Crippen LogP contribution in [0.25, 0.3) is 0 Å². The van der Waals surface area contributed by atoms with Gasteiger partial charge >= 0.3 is 0 Å². The molecule has 1 unspecified atom stereocenters. The van der Waals surface area contributed by atoms with Crippen molar-refractivity contribution in [1.29, 1.82) is 5.26 Å². The number of carbonyl (C=O) groups excluding carboxylic acids is 1. The van der Waals surface area contributed by atoms with Crippen molar-refractivity contribution in [3.8, 4) is 6.07 Å². The Hall–Kier alpha value is -2.11. The van der Waals surface area contributed by atoms with Crippen LogP contribution in [-0.2, 0) is 22.7 Å². The Balaban J connectivity index is 1.49. The minimum Gasteiger partial charge on any atom is -0.373 e. The van der Waals surface area contributed by atoms with E-state index in [9.17, 15) is 10.1 Å². The maximum absolute atomic E-state index is 13.4. The molecule has 1 atom stereocenters. The first-order valence-electron chi connectivity index (χ1n) is 11.4. The Morgan fingerprint density at radius 2 is 2.10 bits per heavy atom. The van der Waals surface area contributed by atoms with Crippen molar-refractivity contribution in [3.05, 3.63) is 11.9 Å². The van der Waals surface area contributed by atoms with Gasteiger partial charge < -0.3 is 24.8 Å². The zero-order valence-electron chi connectivity index (χ0n) is 18.0. The molecule has 0 spiro atoms. The molecular formula is C22H34N6O2. The summed E-state index contributed by atoms with van der Waals surface area (Å²) >= 11 is 0. The number of aromatic nitrogens is 2. The molecule has 30 heavy (non-hydrogen) atoms. The summed E-state index contributed by atoms with van der Waals surface area (Å²) in [6.07, 6.45) is 10.1. The van der Waals surface area contributed by atoms with E-state index in [4.69, 9.17) is 4.74 Å². The van der Waals surface area contributed by atoms with E-state index in [1.54, 1.807) is 0 Å². The van der Waals surface area contributed by atoms with Crippen LogP contribution in [0.5, 0.6) is 0 Å². The summed E-state index contributed by atoms with van der Waals surface area (Å²) in [5, 5.41) is 16.4. The van der Waals surface area contributed by atoms with E-state index in [2.05, 4.69) is 38.2 Å². The van der Waals surface area contributed by atoms with E-state index in [1.807, 2.05) is 6.20 Å². The van der Waals surface area contributed by atoms with E-state index in [-0.39, 0.29) is 11.9 Å². The fourth-order valence-corrected chi connectivity index (χ4v) is 4.95. The van der Waals surface area contributed by atoms with Crippen LogP contribution in [0.15, 0.2) is 6.20 Å². The van der Waals surface area contributed by atoms with Crippen molar-refractivity contribution < 1.29 is 9.53 Å². The van der Waals surface area contributed by atoms with E-state index >= 15 is 0 Å². The molecule has 0 radical (unpaired) electrons. The number of likely N-dealkylation sites (tertiary alicyclic amines) is 1. The molecule has 1 aromatic rings. The van der Waals surface area contributed by atoms with Crippen LogP contribution >= 0.6 is 0 Å². The summed E-state index contributed by atoms with van der Waals surface area (Å²) in [4.78, 5) is 20.2. The molecule has 1 saturated carbocycles. The van der Waals surface area contributed by atoms with Gasteiger partial charge in [0.2, 0.25) is 11.9 Å². The number of nitrogens with one attached hydrogen (secondary N) is 2. The maximum atomic E-state index is 13.4. The van der Waals surface area contributed by atoms with Gasteiger partial charge in [0.1, 0.15) is 11.6 Å². The normalized spacial score (nSPS) is 23.2. The number of nitrogens with zero attached hydrogens (tertiary/aromatic N) is 4. The molecule has 2 fully saturated rings. The molecule has 1 aromatic heterocycles. The number of fused-ring (bicyclic) bond motifs is 1. The molecule has 4 rings (SSSR count). The predicted molar refractivity (Wildman–Crippen MR) is 114 cm³/mol. The number of ether oxygens (including phenoxy) is 1. The molecule has 1 aliphatic carbocycles. The first-order chi connectivity index (χ1) is 14.6. The number of amides is 1. The van der Waals surface area contributed by atoms with Gasteiger partial charge in [0.25, 0.3) is 0 Å². The fraction of sp³-hybridized carbons (Fsp3) is 0.773. The van der Waals surface area contributed by atoms with Crippen molar-refractivity contribution in [2.24, 2.45) is 5.92 Å². The lowest BCUT2D eigenvalue weighted by molar-refractivity contribution is -0.124. The smallest absolute Gasteiger partial charge is 0.243 e. The van der Waals surface area contributed by atoms with Crippen LogP contribution < -0.4 is 10.6 Å². The van der Waals surface area contributed by atoms with Gasteiger partial charge in [0.05, 0.1) is 31.2 Å². The summed E-state index contributed by atoms with van der Waals surface area (Å²) in [5.74, 6) is 1.20. The second-order valence-electron chi connectivity index (χ2n) is 9.20. The molecule has 0 bridgehead atoms. The van der Waals surface area contributed by atoms with Gasteiger partial charge in [-0.15, -0.1) is 0 Å². The minimum absolute atomic E-state index is 0.0731. The number of hydrogen-bond acceptors (Lipinski definition) is 6. The van der Waals surface area contributed by atoms with Crippen molar-refractivity contribution in [1.82, 2.24) is 19.8 Å². The second kappa shape index (κ2) is 9.36. The highest BCUT2D eigenvalue weighted by Gasteiger charge is 2.38. The lowest BCUT2D eigenvalue weighted by Gasteiger charge is -2.37. The van der Waals surface area contributed by atoms with Crippen LogP contribution in [0.3, 0.4) is 0 Å². The van der Waals surface area contributed by atoms with Gasteiger partial charge in [-0.2, -0.15) is 5.26 Å². The van der Waals surface area contributed by atoms with Gasteiger partial charge in [-0.25, -0.2) is 4.98 Å². The Bertz CT molecular complexity index is 771. The molecule has 1 saturated heterocycles. The van der Waals surface area contributed by atoms with Crippen molar-refractivity contribution >= 4 is 11.9 Å². The third kappa shape index (κ3) is 4.79. The summed E-state index contributed by atoms with van der Waals surface area (Å²) in [5.41, 5.74) is 0.264.